The largest absolute Gasteiger partial charge is 0.321 e. The van der Waals surface area contributed by atoms with Crippen molar-refractivity contribution in [3.8, 4) is 0 Å². The van der Waals surface area contributed by atoms with Crippen LogP contribution < -0.4 is 5.32 Å². The maximum absolute atomic E-state index is 13.5. The minimum atomic E-state index is -0.349. The molecule has 0 aliphatic carbocycles. The minimum Gasteiger partial charge on any atom is -0.321 e. The molecule has 25 heavy (non-hydrogen) atoms. The molecule has 1 amide bonds. The zero-order valence-electron chi connectivity index (χ0n) is 13.6. The monoisotopic (exact) mass is 330 g/mol. The van der Waals surface area contributed by atoms with Crippen LogP contribution in [0.3, 0.4) is 0 Å². The quantitative estimate of drug-likeness (QED) is 0.556. The van der Waals surface area contributed by atoms with Crippen molar-refractivity contribution in [2.24, 2.45) is 0 Å². The number of carbonyl (C=O) groups is 1. The zero-order chi connectivity index (χ0) is 17.4. The number of fused-ring (bicyclic) bond motifs is 2. The number of nitrogens with one attached hydrogen (secondary N) is 1. The SMILES string of the molecule is Cc1nc2ccc(F)cc2cc1C(=O)Nc1cccc2ccccc12. The molecule has 4 aromatic rings. The highest BCUT2D eigenvalue weighted by Gasteiger charge is 2.13. The Bertz CT molecular complexity index is 1120. The second-order valence-corrected chi connectivity index (χ2v) is 5.94. The van der Waals surface area contributed by atoms with Crippen molar-refractivity contribution in [3.63, 3.8) is 0 Å². The summed E-state index contributed by atoms with van der Waals surface area (Å²) in [6.45, 7) is 1.78. The number of nitrogens with zero attached hydrogens (tertiary/aromatic N) is 1. The molecule has 0 fully saturated rings. The number of rotatable bonds is 2. The lowest BCUT2D eigenvalue weighted by Gasteiger charge is -2.11. The number of aryl methyl sites for hydroxylation is 1. The first-order chi connectivity index (χ1) is 12.1. The summed E-state index contributed by atoms with van der Waals surface area (Å²) in [6.07, 6.45) is 0. The van der Waals surface area contributed by atoms with Crippen molar-refractivity contribution >= 4 is 33.3 Å². The molecule has 0 spiro atoms. The lowest BCUT2D eigenvalue weighted by molar-refractivity contribution is 0.102. The summed E-state index contributed by atoms with van der Waals surface area (Å²) in [5, 5.41) is 5.57. The van der Waals surface area contributed by atoms with Crippen molar-refractivity contribution in [2.75, 3.05) is 5.32 Å². The number of hydrogen-bond acceptors (Lipinski definition) is 2. The van der Waals surface area contributed by atoms with Crippen molar-refractivity contribution in [1.82, 2.24) is 4.98 Å². The van der Waals surface area contributed by atoms with E-state index in [4.69, 9.17) is 0 Å². The molecule has 0 saturated heterocycles. The Morgan fingerprint density at radius 2 is 1.76 bits per heavy atom. The first-order valence-electron chi connectivity index (χ1n) is 7.98. The van der Waals surface area contributed by atoms with E-state index >= 15 is 0 Å². The van der Waals surface area contributed by atoms with Gasteiger partial charge in [-0.15, -0.1) is 0 Å². The highest BCUT2D eigenvalue weighted by atomic mass is 19.1. The van der Waals surface area contributed by atoms with E-state index in [2.05, 4.69) is 10.3 Å². The predicted octanol–water partition coefficient (Wildman–Crippen LogP) is 5.09. The molecule has 1 heterocycles. The van der Waals surface area contributed by atoms with Gasteiger partial charge in [0.2, 0.25) is 0 Å². The Balaban J connectivity index is 1.75. The van der Waals surface area contributed by atoms with Gasteiger partial charge >= 0.3 is 0 Å². The summed E-state index contributed by atoms with van der Waals surface area (Å²) < 4.78 is 13.5. The molecule has 1 N–H and O–H groups in total. The summed E-state index contributed by atoms with van der Waals surface area (Å²) in [4.78, 5) is 17.2. The van der Waals surface area contributed by atoms with Crippen LogP contribution in [0.4, 0.5) is 10.1 Å². The number of aromatic nitrogens is 1. The Morgan fingerprint density at radius 3 is 2.64 bits per heavy atom. The minimum absolute atomic E-state index is 0.257. The van der Waals surface area contributed by atoms with Crippen molar-refractivity contribution in [1.29, 1.82) is 0 Å². The normalized spacial score (nSPS) is 11.0. The first kappa shape index (κ1) is 15.3. The van der Waals surface area contributed by atoms with Gasteiger partial charge in [0.15, 0.2) is 0 Å². The third-order valence-electron chi connectivity index (χ3n) is 4.25. The smallest absolute Gasteiger partial charge is 0.257 e. The maximum atomic E-state index is 13.5. The fourth-order valence-corrected chi connectivity index (χ4v) is 3.00. The van der Waals surface area contributed by atoms with E-state index in [-0.39, 0.29) is 11.7 Å². The predicted molar refractivity (Wildman–Crippen MR) is 98.3 cm³/mol. The summed E-state index contributed by atoms with van der Waals surface area (Å²) >= 11 is 0. The molecule has 4 heteroatoms. The molecule has 4 rings (SSSR count). The van der Waals surface area contributed by atoms with Crippen LogP contribution >= 0.6 is 0 Å². The van der Waals surface area contributed by atoms with Gasteiger partial charge < -0.3 is 5.32 Å². The zero-order valence-corrected chi connectivity index (χ0v) is 13.6. The number of pyridine rings is 1. The van der Waals surface area contributed by atoms with E-state index in [1.807, 2.05) is 42.5 Å². The molecule has 0 atom stereocenters. The van der Waals surface area contributed by atoms with E-state index in [0.29, 0.717) is 22.2 Å². The number of hydrogen-bond donors (Lipinski definition) is 1. The summed E-state index contributed by atoms with van der Waals surface area (Å²) in [5.41, 5.74) is 2.45. The second kappa shape index (κ2) is 5.98. The van der Waals surface area contributed by atoms with E-state index in [1.54, 1.807) is 19.1 Å². The number of benzene rings is 3. The van der Waals surface area contributed by atoms with Crippen LogP contribution in [0.5, 0.6) is 0 Å². The van der Waals surface area contributed by atoms with Crippen molar-refractivity contribution < 1.29 is 9.18 Å². The van der Waals surface area contributed by atoms with E-state index in [0.717, 1.165) is 16.5 Å². The van der Waals surface area contributed by atoms with E-state index in [9.17, 15) is 9.18 Å². The molecule has 0 unspecified atom stereocenters. The lowest BCUT2D eigenvalue weighted by atomic mass is 10.1. The van der Waals surface area contributed by atoms with Crippen LogP contribution in [-0.2, 0) is 0 Å². The first-order valence-corrected chi connectivity index (χ1v) is 7.98. The van der Waals surface area contributed by atoms with Gasteiger partial charge in [-0.3, -0.25) is 9.78 Å². The molecule has 3 aromatic carbocycles. The van der Waals surface area contributed by atoms with Crippen molar-refractivity contribution in [2.45, 2.75) is 6.92 Å². The lowest BCUT2D eigenvalue weighted by Crippen LogP contribution is -2.14. The highest BCUT2D eigenvalue weighted by molar-refractivity contribution is 6.10. The van der Waals surface area contributed by atoms with Gasteiger partial charge in [0, 0.05) is 16.5 Å². The summed E-state index contributed by atoms with van der Waals surface area (Å²) in [5.74, 6) is -0.605. The molecule has 0 saturated carbocycles. The number of halogens is 1. The molecule has 0 aliphatic heterocycles. The average molecular weight is 330 g/mol. The molecular formula is C21H15FN2O. The maximum Gasteiger partial charge on any atom is 0.257 e. The van der Waals surface area contributed by atoms with Gasteiger partial charge in [-0.05, 0) is 42.6 Å². The van der Waals surface area contributed by atoms with Gasteiger partial charge in [-0.2, -0.15) is 0 Å². The average Bonchev–Trinajstić information content (AvgIpc) is 2.62. The van der Waals surface area contributed by atoms with E-state index in [1.165, 1.54) is 12.1 Å². The van der Waals surface area contributed by atoms with Gasteiger partial charge in [0.25, 0.3) is 5.91 Å². The Labute approximate surface area is 144 Å². The second-order valence-electron chi connectivity index (χ2n) is 5.94. The molecule has 0 aliphatic rings. The third kappa shape index (κ3) is 2.83. The van der Waals surface area contributed by atoms with Crippen LogP contribution in [0.2, 0.25) is 0 Å². The number of amides is 1. The Hall–Kier alpha value is -3.27. The molecule has 0 radical (unpaired) electrons. The summed E-state index contributed by atoms with van der Waals surface area (Å²) in [6, 6.07) is 19.7. The van der Waals surface area contributed by atoms with Crippen molar-refractivity contribution in [3.05, 3.63) is 83.8 Å². The topological polar surface area (TPSA) is 42.0 Å². The molecule has 3 nitrogen and oxygen atoms in total. The van der Waals surface area contributed by atoms with Crippen LogP contribution in [0.25, 0.3) is 21.7 Å². The molecule has 1 aromatic heterocycles. The fraction of sp³-hybridized carbons (Fsp3) is 0.0476. The van der Waals surface area contributed by atoms with Crippen LogP contribution in [0.1, 0.15) is 16.1 Å². The Morgan fingerprint density at radius 1 is 0.960 bits per heavy atom. The molecular weight excluding hydrogens is 315 g/mol. The fourth-order valence-electron chi connectivity index (χ4n) is 3.00. The van der Waals surface area contributed by atoms with Gasteiger partial charge in [-0.25, -0.2) is 4.39 Å². The number of carbonyl (C=O) groups excluding carboxylic acids is 1. The molecule has 122 valence electrons. The van der Waals surface area contributed by atoms with E-state index < -0.39 is 0 Å². The van der Waals surface area contributed by atoms with Crippen LogP contribution in [0, 0.1) is 12.7 Å². The molecule has 0 bridgehead atoms. The third-order valence-corrected chi connectivity index (χ3v) is 4.25. The highest BCUT2D eigenvalue weighted by Crippen LogP contribution is 2.24. The van der Waals surface area contributed by atoms with Crippen LogP contribution in [-0.4, -0.2) is 10.9 Å². The number of anilines is 1. The van der Waals surface area contributed by atoms with Crippen LogP contribution in [0.15, 0.2) is 66.7 Å². The standard InChI is InChI=1S/C21H15FN2O/c1-13-18(12-15-11-16(22)9-10-19(15)23-13)21(25)24-20-8-4-6-14-5-2-3-7-17(14)20/h2-12H,1H3,(H,24,25). The summed E-state index contributed by atoms with van der Waals surface area (Å²) in [7, 11) is 0. The Kier molecular flexibility index (Phi) is 3.65. The van der Waals surface area contributed by atoms with Gasteiger partial charge in [-0.1, -0.05) is 36.4 Å². The van der Waals surface area contributed by atoms with Gasteiger partial charge in [0.1, 0.15) is 5.82 Å². The van der Waals surface area contributed by atoms with Gasteiger partial charge in [0.05, 0.1) is 16.8 Å².